The second-order valence-electron chi connectivity index (χ2n) is 5.27. The van der Waals surface area contributed by atoms with Crippen LogP contribution in [0.2, 0.25) is 0 Å². The van der Waals surface area contributed by atoms with Crippen LogP contribution in [0.4, 0.5) is 0 Å². The Morgan fingerprint density at radius 1 is 1.39 bits per heavy atom. The Morgan fingerprint density at radius 2 is 2.22 bits per heavy atom. The molecule has 1 aliphatic rings. The maximum Gasteiger partial charge on any atom is 0.123 e. The second-order valence-corrected chi connectivity index (χ2v) is 5.27. The van der Waals surface area contributed by atoms with Gasteiger partial charge in [-0.3, -0.25) is 4.68 Å². The molecule has 0 radical (unpaired) electrons. The fourth-order valence-corrected chi connectivity index (χ4v) is 2.42. The van der Waals surface area contributed by atoms with Crippen LogP contribution in [0.1, 0.15) is 24.8 Å². The molecule has 1 N–H and O–H groups in total. The van der Waals surface area contributed by atoms with E-state index in [4.69, 9.17) is 0 Å². The standard InChI is InChI=1S/C15H18N2O/c1-11-5-6-15(18)14(7-11)13-8-16-17(10-13)9-12-3-2-4-12/h5-8,10,12,18H,2-4,9H2,1H3. The predicted molar refractivity (Wildman–Crippen MR) is 71.4 cm³/mol. The maximum absolute atomic E-state index is 9.90. The lowest BCUT2D eigenvalue weighted by molar-refractivity contribution is 0.266. The van der Waals surface area contributed by atoms with E-state index in [1.807, 2.05) is 36.1 Å². The first-order chi connectivity index (χ1) is 8.72. The molecule has 0 atom stereocenters. The van der Waals surface area contributed by atoms with E-state index in [-0.39, 0.29) is 0 Å². The number of hydrogen-bond acceptors (Lipinski definition) is 2. The zero-order valence-corrected chi connectivity index (χ0v) is 10.6. The van der Waals surface area contributed by atoms with Crippen LogP contribution in [0.3, 0.4) is 0 Å². The van der Waals surface area contributed by atoms with Gasteiger partial charge in [0.1, 0.15) is 5.75 Å². The molecule has 1 aromatic heterocycles. The summed E-state index contributed by atoms with van der Waals surface area (Å²) in [6.45, 7) is 3.04. The minimum absolute atomic E-state index is 0.323. The van der Waals surface area contributed by atoms with E-state index in [9.17, 15) is 5.11 Å². The third-order valence-electron chi connectivity index (χ3n) is 3.77. The van der Waals surface area contributed by atoms with Gasteiger partial charge >= 0.3 is 0 Å². The highest BCUT2D eigenvalue weighted by molar-refractivity contribution is 5.69. The smallest absolute Gasteiger partial charge is 0.123 e. The quantitative estimate of drug-likeness (QED) is 0.896. The lowest BCUT2D eigenvalue weighted by atomic mass is 9.85. The number of aromatic hydroxyl groups is 1. The zero-order valence-electron chi connectivity index (χ0n) is 10.6. The van der Waals surface area contributed by atoms with Gasteiger partial charge in [-0.05, 0) is 37.8 Å². The van der Waals surface area contributed by atoms with E-state index in [0.717, 1.165) is 29.2 Å². The summed E-state index contributed by atoms with van der Waals surface area (Å²) in [5.74, 6) is 1.12. The molecular weight excluding hydrogens is 224 g/mol. The van der Waals surface area contributed by atoms with Crippen LogP contribution in [0.5, 0.6) is 5.75 Å². The van der Waals surface area contributed by atoms with E-state index >= 15 is 0 Å². The topological polar surface area (TPSA) is 38.1 Å². The molecule has 94 valence electrons. The van der Waals surface area contributed by atoms with Crippen molar-refractivity contribution in [1.82, 2.24) is 9.78 Å². The van der Waals surface area contributed by atoms with Crippen molar-refractivity contribution in [2.45, 2.75) is 32.7 Å². The van der Waals surface area contributed by atoms with Crippen molar-refractivity contribution in [1.29, 1.82) is 0 Å². The van der Waals surface area contributed by atoms with Gasteiger partial charge in [0.2, 0.25) is 0 Å². The van der Waals surface area contributed by atoms with Crippen LogP contribution in [0.15, 0.2) is 30.6 Å². The summed E-state index contributed by atoms with van der Waals surface area (Å²) >= 11 is 0. The van der Waals surface area contributed by atoms with Crippen molar-refractivity contribution in [2.24, 2.45) is 5.92 Å². The number of hydrogen-bond donors (Lipinski definition) is 1. The third-order valence-corrected chi connectivity index (χ3v) is 3.77. The van der Waals surface area contributed by atoms with Crippen molar-refractivity contribution in [2.75, 3.05) is 0 Å². The minimum atomic E-state index is 0.323. The van der Waals surface area contributed by atoms with Gasteiger partial charge in [0.15, 0.2) is 0 Å². The highest BCUT2D eigenvalue weighted by atomic mass is 16.3. The van der Waals surface area contributed by atoms with Crippen molar-refractivity contribution >= 4 is 0 Å². The van der Waals surface area contributed by atoms with Crippen LogP contribution in [0.25, 0.3) is 11.1 Å². The molecule has 0 unspecified atom stereocenters. The fourth-order valence-electron chi connectivity index (χ4n) is 2.42. The molecule has 2 aromatic rings. The molecule has 18 heavy (non-hydrogen) atoms. The summed E-state index contributed by atoms with van der Waals surface area (Å²) in [5, 5.41) is 14.3. The SMILES string of the molecule is Cc1ccc(O)c(-c2cnn(CC3CCC3)c2)c1. The number of nitrogens with zero attached hydrogens (tertiary/aromatic N) is 2. The summed E-state index contributed by atoms with van der Waals surface area (Å²) in [6.07, 6.45) is 7.88. The molecule has 1 fully saturated rings. The zero-order chi connectivity index (χ0) is 12.5. The average Bonchev–Trinajstić information content (AvgIpc) is 2.75. The molecule has 3 nitrogen and oxygen atoms in total. The number of phenols is 1. The molecule has 1 heterocycles. The molecule has 0 bridgehead atoms. The van der Waals surface area contributed by atoms with Gasteiger partial charge in [-0.2, -0.15) is 5.10 Å². The number of benzene rings is 1. The highest BCUT2D eigenvalue weighted by Gasteiger charge is 2.18. The molecule has 1 aliphatic carbocycles. The second kappa shape index (κ2) is 4.48. The van der Waals surface area contributed by atoms with Crippen LogP contribution < -0.4 is 0 Å². The van der Waals surface area contributed by atoms with E-state index in [2.05, 4.69) is 5.10 Å². The van der Waals surface area contributed by atoms with E-state index in [1.165, 1.54) is 19.3 Å². The van der Waals surface area contributed by atoms with E-state index in [1.54, 1.807) is 6.07 Å². The Labute approximate surface area is 107 Å². The van der Waals surface area contributed by atoms with Gasteiger partial charge in [-0.1, -0.05) is 18.1 Å². The van der Waals surface area contributed by atoms with Crippen molar-refractivity contribution in [3.05, 3.63) is 36.2 Å². The van der Waals surface area contributed by atoms with E-state index < -0.39 is 0 Å². The van der Waals surface area contributed by atoms with Crippen molar-refractivity contribution in [3.8, 4) is 16.9 Å². The molecule has 0 saturated heterocycles. The average molecular weight is 242 g/mol. The van der Waals surface area contributed by atoms with E-state index in [0.29, 0.717) is 5.75 Å². The third kappa shape index (κ3) is 2.13. The molecule has 1 aromatic carbocycles. The minimum Gasteiger partial charge on any atom is -0.507 e. The van der Waals surface area contributed by atoms with Gasteiger partial charge in [0.25, 0.3) is 0 Å². The summed E-state index contributed by atoms with van der Waals surface area (Å²) in [7, 11) is 0. The Morgan fingerprint density at radius 3 is 2.94 bits per heavy atom. The summed E-state index contributed by atoms with van der Waals surface area (Å²) in [5.41, 5.74) is 3.01. The molecule has 0 amide bonds. The van der Waals surface area contributed by atoms with Crippen molar-refractivity contribution < 1.29 is 5.11 Å². The normalized spacial score (nSPS) is 15.6. The Kier molecular flexibility index (Phi) is 2.82. The predicted octanol–water partition coefficient (Wildman–Crippen LogP) is 3.36. The monoisotopic (exact) mass is 242 g/mol. The summed E-state index contributed by atoms with van der Waals surface area (Å²) in [6, 6.07) is 5.66. The molecular formula is C15H18N2O. The first-order valence-corrected chi connectivity index (χ1v) is 6.55. The van der Waals surface area contributed by atoms with Crippen molar-refractivity contribution in [3.63, 3.8) is 0 Å². The molecule has 0 aliphatic heterocycles. The lowest BCUT2D eigenvalue weighted by Crippen LogP contribution is -2.18. The van der Waals surface area contributed by atoms with Gasteiger partial charge in [0.05, 0.1) is 6.20 Å². The first kappa shape index (κ1) is 11.3. The van der Waals surface area contributed by atoms with Gasteiger partial charge in [0, 0.05) is 23.9 Å². The first-order valence-electron chi connectivity index (χ1n) is 6.55. The maximum atomic E-state index is 9.90. The number of rotatable bonds is 3. The van der Waals surface area contributed by atoms with Crippen LogP contribution in [-0.4, -0.2) is 14.9 Å². The van der Waals surface area contributed by atoms with Gasteiger partial charge in [-0.15, -0.1) is 0 Å². The number of aromatic nitrogens is 2. The summed E-state index contributed by atoms with van der Waals surface area (Å²) < 4.78 is 2.00. The van der Waals surface area contributed by atoms with Crippen LogP contribution >= 0.6 is 0 Å². The Bertz CT molecular complexity index is 555. The van der Waals surface area contributed by atoms with Crippen LogP contribution in [-0.2, 0) is 6.54 Å². The van der Waals surface area contributed by atoms with Crippen LogP contribution in [0, 0.1) is 12.8 Å². The molecule has 3 rings (SSSR count). The molecule has 3 heteroatoms. The molecule has 1 saturated carbocycles. The van der Waals surface area contributed by atoms with Gasteiger partial charge in [-0.25, -0.2) is 0 Å². The van der Waals surface area contributed by atoms with Gasteiger partial charge < -0.3 is 5.11 Å². The lowest BCUT2D eigenvalue weighted by Gasteiger charge is -2.24. The largest absolute Gasteiger partial charge is 0.507 e. The fraction of sp³-hybridized carbons (Fsp3) is 0.400. The summed E-state index contributed by atoms with van der Waals surface area (Å²) in [4.78, 5) is 0. The Balaban J connectivity index is 1.85. The number of aryl methyl sites for hydroxylation is 1. The molecule has 0 spiro atoms. The number of phenolic OH excluding ortho intramolecular Hbond substituents is 1. The Hall–Kier alpha value is -1.77. The highest BCUT2D eigenvalue weighted by Crippen LogP contribution is 2.31.